The smallest absolute Gasteiger partial charge is 0.225 e. The SMILES string of the molecule is CCCC1CN(C(=O)C2CC3CCCC(C2)C3N)CCO1.Cl. The summed E-state index contributed by atoms with van der Waals surface area (Å²) in [6.07, 6.45) is 8.22. The van der Waals surface area contributed by atoms with Crippen LogP contribution in [0.15, 0.2) is 0 Å². The molecular formula is C17H31ClN2O2. The number of halogens is 1. The number of carbonyl (C=O) groups is 1. The van der Waals surface area contributed by atoms with Crippen molar-refractivity contribution in [1.29, 1.82) is 0 Å². The molecule has 22 heavy (non-hydrogen) atoms. The quantitative estimate of drug-likeness (QED) is 0.865. The third kappa shape index (κ3) is 3.77. The van der Waals surface area contributed by atoms with Gasteiger partial charge in [0.15, 0.2) is 0 Å². The zero-order valence-electron chi connectivity index (χ0n) is 13.7. The van der Waals surface area contributed by atoms with Crippen molar-refractivity contribution in [3.05, 3.63) is 0 Å². The lowest BCUT2D eigenvalue weighted by Crippen LogP contribution is -2.52. The second-order valence-corrected chi connectivity index (χ2v) is 7.26. The highest BCUT2D eigenvalue weighted by atomic mass is 35.5. The molecule has 1 saturated heterocycles. The van der Waals surface area contributed by atoms with E-state index in [2.05, 4.69) is 11.8 Å². The van der Waals surface area contributed by atoms with Gasteiger partial charge in [-0.15, -0.1) is 12.4 Å². The molecule has 128 valence electrons. The fraction of sp³-hybridized carbons (Fsp3) is 0.941. The summed E-state index contributed by atoms with van der Waals surface area (Å²) in [5.41, 5.74) is 6.34. The summed E-state index contributed by atoms with van der Waals surface area (Å²) in [5.74, 6) is 1.77. The van der Waals surface area contributed by atoms with Crippen LogP contribution in [0.4, 0.5) is 0 Å². The van der Waals surface area contributed by atoms with Crippen molar-refractivity contribution in [3.63, 3.8) is 0 Å². The molecule has 2 N–H and O–H groups in total. The monoisotopic (exact) mass is 330 g/mol. The fourth-order valence-corrected chi connectivity index (χ4v) is 4.67. The van der Waals surface area contributed by atoms with Gasteiger partial charge in [0.2, 0.25) is 5.91 Å². The molecule has 0 spiro atoms. The molecule has 0 aromatic carbocycles. The number of ether oxygens (including phenoxy) is 1. The second kappa shape index (κ2) is 7.98. The van der Waals surface area contributed by atoms with Crippen LogP contribution in [0.2, 0.25) is 0 Å². The van der Waals surface area contributed by atoms with Crippen LogP contribution in [-0.4, -0.2) is 42.6 Å². The van der Waals surface area contributed by atoms with E-state index in [0.717, 1.165) is 38.8 Å². The Morgan fingerprint density at radius 3 is 2.59 bits per heavy atom. The van der Waals surface area contributed by atoms with Gasteiger partial charge in [-0.05, 0) is 43.9 Å². The number of nitrogens with zero attached hydrogens (tertiary/aromatic N) is 1. The summed E-state index contributed by atoms with van der Waals surface area (Å²) in [7, 11) is 0. The molecule has 5 heteroatoms. The third-order valence-corrected chi connectivity index (χ3v) is 5.82. The van der Waals surface area contributed by atoms with Gasteiger partial charge >= 0.3 is 0 Å². The van der Waals surface area contributed by atoms with E-state index in [1.165, 1.54) is 19.3 Å². The van der Waals surface area contributed by atoms with Crippen molar-refractivity contribution in [2.75, 3.05) is 19.7 Å². The van der Waals surface area contributed by atoms with E-state index in [0.29, 0.717) is 30.4 Å². The molecule has 0 aromatic rings. The average Bonchev–Trinajstić information content (AvgIpc) is 2.47. The van der Waals surface area contributed by atoms with Crippen LogP contribution >= 0.6 is 12.4 Å². The summed E-state index contributed by atoms with van der Waals surface area (Å²) in [6, 6.07) is 0.348. The van der Waals surface area contributed by atoms with Crippen molar-refractivity contribution in [2.24, 2.45) is 23.5 Å². The van der Waals surface area contributed by atoms with Crippen LogP contribution in [-0.2, 0) is 9.53 Å². The predicted molar refractivity (Wildman–Crippen MR) is 90.0 cm³/mol. The van der Waals surface area contributed by atoms with E-state index in [1.54, 1.807) is 0 Å². The van der Waals surface area contributed by atoms with E-state index in [4.69, 9.17) is 10.5 Å². The molecule has 3 unspecified atom stereocenters. The lowest BCUT2D eigenvalue weighted by Gasteiger charge is -2.45. The summed E-state index contributed by atoms with van der Waals surface area (Å²) in [4.78, 5) is 14.9. The van der Waals surface area contributed by atoms with E-state index >= 15 is 0 Å². The first-order valence-electron chi connectivity index (χ1n) is 8.85. The summed E-state index contributed by atoms with van der Waals surface area (Å²) in [5, 5.41) is 0. The van der Waals surface area contributed by atoms with Gasteiger partial charge in [0.25, 0.3) is 0 Å². The molecule has 3 aliphatic rings. The maximum absolute atomic E-state index is 12.9. The fourth-order valence-electron chi connectivity index (χ4n) is 4.67. The highest BCUT2D eigenvalue weighted by Gasteiger charge is 2.42. The number of hydrogen-bond acceptors (Lipinski definition) is 3. The lowest BCUT2D eigenvalue weighted by molar-refractivity contribution is -0.146. The van der Waals surface area contributed by atoms with Crippen molar-refractivity contribution >= 4 is 18.3 Å². The minimum Gasteiger partial charge on any atom is -0.375 e. The summed E-state index contributed by atoms with van der Waals surface area (Å²) < 4.78 is 5.76. The van der Waals surface area contributed by atoms with E-state index < -0.39 is 0 Å². The molecule has 2 saturated carbocycles. The van der Waals surface area contributed by atoms with Crippen LogP contribution < -0.4 is 5.73 Å². The highest BCUT2D eigenvalue weighted by Crippen LogP contribution is 2.42. The molecule has 1 aliphatic heterocycles. The van der Waals surface area contributed by atoms with E-state index in [1.807, 2.05) is 0 Å². The topological polar surface area (TPSA) is 55.6 Å². The largest absolute Gasteiger partial charge is 0.375 e. The van der Waals surface area contributed by atoms with Crippen LogP contribution in [0.1, 0.15) is 51.9 Å². The van der Waals surface area contributed by atoms with Crippen LogP contribution in [0.5, 0.6) is 0 Å². The van der Waals surface area contributed by atoms with Crippen molar-refractivity contribution in [2.45, 2.75) is 64.0 Å². The normalized spacial score (nSPS) is 38.3. The zero-order valence-corrected chi connectivity index (χ0v) is 14.5. The average molecular weight is 331 g/mol. The van der Waals surface area contributed by atoms with Gasteiger partial charge in [-0.25, -0.2) is 0 Å². The van der Waals surface area contributed by atoms with Gasteiger partial charge in [0.05, 0.1) is 12.7 Å². The van der Waals surface area contributed by atoms with Crippen molar-refractivity contribution in [1.82, 2.24) is 4.90 Å². The first kappa shape index (κ1) is 18.0. The number of fused-ring (bicyclic) bond motifs is 2. The first-order valence-corrected chi connectivity index (χ1v) is 8.85. The van der Waals surface area contributed by atoms with Gasteiger partial charge < -0.3 is 15.4 Å². The Morgan fingerprint density at radius 2 is 1.95 bits per heavy atom. The van der Waals surface area contributed by atoms with E-state index in [9.17, 15) is 4.79 Å². The Balaban J connectivity index is 0.00000176. The summed E-state index contributed by atoms with van der Waals surface area (Å²) >= 11 is 0. The van der Waals surface area contributed by atoms with Crippen LogP contribution in [0.25, 0.3) is 0 Å². The summed E-state index contributed by atoms with van der Waals surface area (Å²) in [6.45, 7) is 4.45. The molecule has 1 amide bonds. The maximum Gasteiger partial charge on any atom is 0.225 e. The van der Waals surface area contributed by atoms with Gasteiger partial charge in [-0.1, -0.05) is 19.8 Å². The highest BCUT2D eigenvalue weighted by molar-refractivity contribution is 5.85. The molecule has 0 aromatic heterocycles. The van der Waals surface area contributed by atoms with Gasteiger partial charge in [-0.2, -0.15) is 0 Å². The molecule has 3 rings (SSSR count). The Kier molecular flexibility index (Phi) is 6.54. The van der Waals surface area contributed by atoms with Crippen LogP contribution in [0, 0.1) is 17.8 Å². The van der Waals surface area contributed by atoms with Gasteiger partial charge in [0, 0.05) is 25.0 Å². The molecule has 0 radical (unpaired) electrons. The predicted octanol–water partition coefficient (Wildman–Crippen LogP) is 2.59. The van der Waals surface area contributed by atoms with Gasteiger partial charge in [-0.3, -0.25) is 4.79 Å². The molecule has 1 heterocycles. The number of nitrogens with two attached hydrogens (primary N) is 1. The lowest BCUT2D eigenvalue weighted by atomic mass is 9.65. The Hall–Kier alpha value is -0.320. The van der Waals surface area contributed by atoms with Crippen molar-refractivity contribution < 1.29 is 9.53 Å². The van der Waals surface area contributed by atoms with Crippen LogP contribution in [0.3, 0.4) is 0 Å². The first-order chi connectivity index (χ1) is 10.2. The molecule has 2 aliphatic carbocycles. The Bertz CT molecular complexity index is 364. The minimum atomic E-state index is 0. The van der Waals surface area contributed by atoms with E-state index in [-0.39, 0.29) is 24.4 Å². The molecule has 4 nitrogen and oxygen atoms in total. The third-order valence-electron chi connectivity index (χ3n) is 5.82. The number of rotatable bonds is 3. The maximum atomic E-state index is 12.9. The molecule has 3 fully saturated rings. The minimum absolute atomic E-state index is 0. The Morgan fingerprint density at radius 1 is 1.27 bits per heavy atom. The Labute approximate surface area is 140 Å². The zero-order chi connectivity index (χ0) is 14.8. The molecule has 3 atom stereocenters. The second-order valence-electron chi connectivity index (χ2n) is 7.26. The molecular weight excluding hydrogens is 300 g/mol. The number of carbonyl (C=O) groups excluding carboxylic acids is 1. The number of amides is 1. The number of morpholine rings is 1. The van der Waals surface area contributed by atoms with Gasteiger partial charge in [0.1, 0.15) is 0 Å². The standard InChI is InChI=1S/C17H30N2O2.ClH/c1-2-4-15-11-19(7-8-21-15)17(20)14-9-12-5-3-6-13(10-14)16(12)18;/h12-16H,2-11,18H2,1H3;1H. The number of hydrogen-bond donors (Lipinski definition) is 1. The molecule has 2 bridgehead atoms. The van der Waals surface area contributed by atoms with Crippen molar-refractivity contribution in [3.8, 4) is 0 Å².